The third-order valence-corrected chi connectivity index (χ3v) is 5.01. The maximum absolute atomic E-state index is 13.0. The topological polar surface area (TPSA) is 50.8 Å². The Bertz CT molecular complexity index is 700. The van der Waals surface area contributed by atoms with Crippen LogP contribution in [0.15, 0.2) is 53.9 Å². The molecule has 1 aliphatic heterocycles. The zero-order chi connectivity index (χ0) is 16.2. The zero-order valence-corrected chi connectivity index (χ0v) is 13.7. The highest BCUT2D eigenvalue weighted by atomic mass is 32.2. The van der Waals surface area contributed by atoms with Crippen LogP contribution in [-0.4, -0.2) is 18.5 Å². The second-order valence-corrected chi connectivity index (χ2v) is 6.49. The van der Waals surface area contributed by atoms with Crippen LogP contribution in [0.25, 0.3) is 0 Å². The predicted octanol–water partition coefficient (Wildman–Crippen LogP) is 3.46. The first-order chi connectivity index (χ1) is 11.2. The van der Waals surface area contributed by atoms with Crippen molar-refractivity contribution in [1.29, 1.82) is 0 Å². The van der Waals surface area contributed by atoms with E-state index in [-0.39, 0.29) is 6.79 Å². The van der Waals surface area contributed by atoms with Crippen molar-refractivity contribution >= 4 is 11.2 Å². The molecule has 4 nitrogen and oxygen atoms in total. The number of allylic oxidation sites excluding steroid dienone is 1. The van der Waals surface area contributed by atoms with E-state index in [4.69, 9.17) is 14.2 Å². The highest BCUT2D eigenvalue weighted by molar-refractivity contribution is 7.90. The average molecular weight is 330 g/mol. The smallest absolute Gasteiger partial charge is 0.241 e. The zero-order valence-electron chi connectivity index (χ0n) is 12.9. The second-order valence-electron chi connectivity index (χ2n) is 5.10. The first-order valence-corrected chi connectivity index (χ1v) is 8.59. The maximum atomic E-state index is 13.0. The van der Waals surface area contributed by atoms with Crippen molar-refractivity contribution in [2.45, 2.75) is 17.1 Å². The second kappa shape index (κ2) is 6.98. The lowest BCUT2D eigenvalue weighted by Gasteiger charge is -2.17. The molecule has 0 saturated heterocycles. The maximum Gasteiger partial charge on any atom is 0.241 e. The van der Waals surface area contributed by atoms with Crippen LogP contribution in [0.5, 0.6) is 17.2 Å². The number of hydrogen-bond acceptors (Lipinski definition) is 4. The molecule has 0 aromatic heterocycles. The minimum absolute atomic E-state index is 0.131. The molecular formula is C18H18O4S. The third kappa shape index (κ3) is 3.16. The molecule has 0 radical (unpaired) electrons. The fourth-order valence-corrected chi connectivity index (χ4v) is 4.01. The van der Waals surface area contributed by atoms with Crippen molar-refractivity contribution in [3.05, 3.63) is 60.2 Å². The van der Waals surface area contributed by atoms with Gasteiger partial charge in [0.25, 0.3) is 0 Å². The van der Waals surface area contributed by atoms with Gasteiger partial charge >= 0.3 is 0 Å². The summed E-state index contributed by atoms with van der Waals surface area (Å²) in [5.74, 6) is 2.11. The molecule has 0 amide bonds. The highest BCUT2D eigenvalue weighted by Crippen LogP contribution is 2.47. The molecule has 1 atom stereocenters. The molecule has 0 spiro atoms. The van der Waals surface area contributed by atoms with Crippen molar-refractivity contribution in [2.24, 2.45) is 0 Å². The van der Waals surface area contributed by atoms with Crippen LogP contribution in [0.2, 0.25) is 0 Å². The molecule has 0 bridgehead atoms. The number of benzene rings is 2. The first kappa shape index (κ1) is 15.8. The number of methoxy groups -OCH3 is 1. The van der Waals surface area contributed by atoms with Gasteiger partial charge in [0.05, 0.1) is 7.11 Å². The SMILES string of the molecule is C=CCc1cc2c(c([S+]([O-])Cc3ccccc3)c1OC)OCO2. The summed E-state index contributed by atoms with van der Waals surface area (Å²) >= 11 is -1.31. The van der Waals surface area contributed by atoms with Crippen LogP contribution in [0.1, 0.15) is 11.1 Å². The fourth-order valence-electron chi connectivity index (χ4n) is 2.58. The van der Waals surface area contributed by atoms with Gasteiger partial charge in [0.15, 0.2) is 11.5 Å². The van der Waals surface area contributed by atoms with Gasteiger partial charge in [-0.1, -0.05) is 36.4 Å². The minimum Gasteiger partial charge on any atom is -0.611 e. The molecule has 5 heteroatoms. The van der Waals surface area contributed by atoms with Crippen molar-refractivity contribution in [1.82, 2.24) is 0 Å². The van der Waals surface area contributed by atoms with Gasteiger partial charge in [-0.2, -0.15) is 0 Å². The van der Waals surface area contributed by atoms with E-state index < -0.39 is 11.2 Å². The van der Waals surface area contributed by atoms with Crippen LogP contribution >= 0.6 is 0 Å². The lowest BCUT2D eigenvalue weighted by molar-refractivity contribution is 0.171. The predicted molar refractivity (Wildman–Crippen MR) is 89.6 cm³/mol. The standard InChI is InChI=1S/C18H18O4S/c1-3-7-14-10-15-17(22-12-21-15)18(16(14)20-2)23(19)11-13-8-5-4-6-9-13/h3-6,8-10H,1,7,11-12H2,2H3. The molecule has 2 aromatic carbocycles. The van der Waals surface area contributed by atoms with Crippen molar-refractivity contribution in [3.8, 4) is 17.2 Å². The first-order valence-electron chi connectivity index (χ1n) is 7.27. The molecule has 1 aliphatic rings. The van der Waals surface area contributed by atoms with Gasteiger partial charge < -0.3 is 18.8 Å². The Hall–Kier alpha value is -2.11. The Labute approximate surface area is 138 Å². The Morgan fingerprint density at radius 3 is 2.78 bits per heavy atom. The van der Waals surface area contributed by atoms with Crippen LogP contribution in [0, 0.1) is 0 Å². The summed E-state index contributed by atoms with van der Waals surface area (Å²) in [6.45, 7) is 3.89. The summed E-state index contributed by atoms with van der Waals surface area (Å²) in [6.07, 6.45) is 2.39. The summed E-state index contributed by atoms with van der Waals surface area (Å²) in [5.41, 5.74) is 1.89. The Kier molecular flexibility index (Phi) is 4.79. The number of rotatable bonds is 6. The van der Waals surface area contributed by atoms with Gasteiger partial charge in [0.2, 0.25) is 17.4 Å². The van der Waals surface area contributed by atoms with E-state index in [0.29, 0.717) is 34.3 Å². The summed E-state index contributed by atoms with van der Waals surface area (Å²) in [5, 5.41) is 0. The van der Waals surface area contributed by atoms with E-state index in [1.807, 2.05) is 36.4 Å². The molecule has 23 heavy (non-hydrogen) atoms. The lowest BCUT2D eigenvalue weighted by atomic mass is 10.1. The molecule has 1 unspecified atom stereocenters. The average Bonchev–Trinajstić information content (AvgIpc) is 3.02. The van der Waals surface area contributed by atoms with Crippen LogP contribution in [0.4, 0.5) is 0 Å². The third-order valence-electron chi connectivity index (χ3n) is 3.59. The monoisotopic (exact) mass is 330 g/mol. The van der Waals surface area contributed by atoms with Crippen LogP contribution in [-0.2, 0) is 23.3 Å². The van der Waals surface area contributed by atoms with E-state index in [2.05, 4.69) is 6.58 Å². The normalized spacial score (nSPS) is 13.7. The van der Waals surface area contributed by atoms with Gasteiger partial charge in [-0.3, -0.25) is 0 Å². The summed E-state index contributed by atoms with van der Waals surface area (Å²) in [7, 11) is 1.58. The van der Waals surface area contributed by atoms with E-state index in [9.17, 15) is 4.55 Å². The Balaban J connectivity index is 2.03. The number of ether oxygens (including phenoxy) is 3. The summed E-state index contributed by atoms with van der Waals surface area (Å²) in [6, 6.07) is 11.6. The molecule has 2 aromatic rings. The van der Waals surface area contributed by atoms with Gasteiger partial charge in [-0.05, 0) is 23.7 Å². The van der Waals surface area contributed by atoms with Crippen LogP contribution in [0.3, 0.4) is 0 Å². The summed E-state index contributed by atoms with van der Waals surface area (Å²) < 4.78 is 29.5. The minimum atomic E-state index is -1.31. The van der Waals surface area contributed by atoms with Gasteiger partial charge in [0.1, 0.15) is 5.75 Å². The molecule has 0 N–H and O–H groups in total. The molecule has 3 rings (SSSR count). The molecule has 120 valence electrons. The van der Waals surface area contributed by atoms with Crippen molar-refractivity contribution in [2.75, 3.05) is 13.9 Å². The Morgan fingerprint density at radius 2 is 2.09 bits per heavy atom. The highest BCUT2D eigenvalue weighted by Gasteiger charge is 2.32. The molecular weight excluding hydrogens is 312 g/mol. The van der Waals surface area contributed by atoms with E-state index in [1.165, 1.54) is 0 Å². The van der Waals surface area contributed by atoms with Gasteiger partial charge in [0, 0.05) is 11.1 Å². The molecule has 1 heterocycles. The molecule has 0 aliphatic carbocycles. The molecule has 0 fully saturated rings. The Morgan fingerprint density at radius 1 is 1.30 bits per heavy atom. The largest absolute Gasteiger partial charge is 0.611 e. The van der Waals surface area contributed by atoms with Crippen LogP contribution < -0.4 is 14.2 Å². The number of hydrogen-bond donors (Lipinski definition) is 0. The lowest BCUT2D eigenvalue weighted by Crippen LogP contribution is -2.09. The fraction of sp³-hybridized carbons (Fsp3) is 0.222. The quantitative estimate of drug-likeness (QED) is 0.601. The van der Waals surface area contributed by atoms with E-state index in [0.717, 1.165) is 11.1 Å². The van der Waals surface area contributed by atoms with Crippen molar-refractivity contribution < 1.29 is 18.8 Å². The van der Waals surface area contributed by atoms with Gasteiger partial charge in [-0.25, -0.2) is 0 Å². The molecule has 0 saturated carbocycles. The van der Waals surface area contributed by atoms with E-state index >= 15 is 0 Å². The summed E-state index contributed by atoms with van der Waals surface area (Å²) in [4.78, 5) is 0.559. The number of fused-ring (bicyclic) bond motifs is 1. The van der Waals surface area contributed by atoms with E-state index in [1.54, 1.807) is 13.2 Å². The van der Waals surface area contributed by atoms with Gasteiger partial charge in [-0.15, -0.1) is 6.58 Å². The van der Waals surface area contributed by atoms with Crippen molar-refractivity contribution in [3.63, 3.8) is 0 Å².